The molecule has 1 aliphatic rings. The second kappa shape index (κ2) is 4.79. The van der Waals surface area contributed by atoms with Crippen LogP contribution in [0.5, 0.6) is 0 Å². The third-order valence-corrected chi connectivity index (χ3v) is 3.44. The maximum atomic E-state index is 11.7. The van der Waals surface area contributed by atoms with E-state index in [-0.39, 0.29) is 11.5 Å². The fraction of sp³-hybridized carbons (Fsp3) is 0. The highest BCUT2D eigenvalue weighted by atomic mass is 32.2. The Hall–Kier alpha value is -1.86. The molecule has 5 nitrogen and oxygen atoms in total. The molecular formula is C11H8N2O3S2. The van der Waals surface area contributed by atoms with Crippen molar-refractivity contribution in [3.8, 4) is 0 Å². The van der Waals surface area contributed by atoms with Crippen LogP contribution in [0.4, 0.5) is 5.69 Å². The Morgan fingerprint density at radius 3 is 2.67 bits per heavy atom. The van der Waals surface area contributed by atoms with Crippen molar-refractivity contribution < 1.29 is 14.7 Å². The summed E-state index contributed by atoms with van der Waals surface area (Å²) in [7, 11) is 0. The van der Waals surface area contributed by atoms with Crippen molar-refractivity contribution in [3.05, 3.63) is 41.3 Å². The van der Waals surface area contributed by atoms with Gasteiger partial charge in [0, 0.05) is 0 Å². The maximum absolute atomic E-state index is 11.7. The summed E-state index contributed by atoms with van der Waals surface area (Å²) in [6, 6.07) is 6.27. The first-order valence-corrected chi connectivity index (χ1v) is 6.07. The van der Waals surface area contributed by atoms with Gasteiger partial charge in [-0.1, -0.05) is 30.5 Å². The summed E-state index contributed by atoms with van der Waals surface area (Å²) in [6.07, 6.45) is 0. The minimum Gasteiger partial charge on any atom is -0.478 e. The molecule has 0 aromatic heterocycles. The highest BCUT2D eigenvalue weighted by Gasteiger charge is 2.31. The van der Waals surface area contributed by atoms with Crippen LogP contribution in [-0.2, 0) is 4.79 Å². The molecule has 7 heteroatoms. The predicted octanol–water partition coefficient (Wildman–Crippen LogP) is 2.09. The molecule has 0 aliphatic carbocycles. The first-order valence-electron chi connectivity index (χ1n) is 4.85. The van der Waals surface area contributed by atoms with Crippen LogP contribution in [0.3, 0.4) is 0 Å². The standard InChI is InChI=1S/C11H8N2O3S2/c1-6-9(14)13(11(17)18-6)12-8-5-3-2-4-7(8)10(15)16/h2-5,12H,1H2,(H,15,16). The first kappa shape index (κ1) is 12.6. The average molecular weight is 280 g/mol. The van der Waals surface area contributed by atoms with Crippen molar-refractivity contribution in [1.82, 2.24) is 5.01 Å². The molecule has 1 aliphatic heterocycles. The molecule has 1 aromatic carbocycles. The minimum absolute atomic E-state index is 0.0654. The molecule has 0 saturated carbocycles. The molecule has 92 valence electrons. The van der Waals surface area contributed by atoms with Gasteiger partial charge < -0.3 is 5.11 Å². The fourth-order valence-corrected chi connectivity index (χ4v) is 2.43. The van der Waals surface area contributed by atoms with Gasteiger partial charge in [0.05, 0.1) is 16.2 Å². The Labute approximate surface area is 112 Å². The number of nitrogens with zero attached hydrogens (tertiary/aromatic N) is 1. The van der Waals surface area contributed by atoms with E-state index in [4.69, 9.17) is 17.3 Å². The molecule has 1 saturated heterocycles. The topological polar surface area (TPSA) is 69.6 Å². The van der Waals surface area contributed by atoms with Gasteiger partial charge in [-0.2, -0.15) is 0 Å². The van der Waals surface area contributed by atoms with Crippen LogP contribution < -0.4 is 5.43 Å². The summed E-state index contributed by atoms with van der Waals surface area (Å²) in [4.78, 5) is 23.0. The maximum Gasteiger partial charge on any atom is 0.337 e. The number of hydrogen-bond acceptors (Lipinski definition) is 5. The van der Waals surface area contributed by atoms with E-state index in [1.54, 1.807) is 18.2 Å². The van der Waals surface area contributed by atoms with Crippen LogP contribution in [0.25, 0.3) is 0 Å². The number of carbonyl (C=O) groups is 2. The third kappa shape index (κ3) is 2.22. The van der Waals surface area contributed by atoms with E-state index in [1.807, 2.05) is 0 Å². The number of para-hydroxylation sites is 1. The highest BCUT2D eigenvalue weighted by Crippen LogP contribution is 2.30. The zero-order valence-corrected chi connectivity index (χ0v) is 10.7. The fourth-order valence-electron chi connectivity index (χ4n) is 1.39. The Morgan fingerprint density at radius 2 is 2.11 bits per heavy atom. The van der Waals surface area contributed by atoms with Gasteiger partial charge in [-0.05, 0) is 24.4 Å². The lowest BCUT2D eigenvalue weighted by atomic mass is 10.2. The van der Waals surface area contributed by atoms with Gasteiger partial charge in [0.15, 0.2) is 4.32 Å². The highest BCUT2D eigenvalue weighted by molar-refractivity contribution is 8.26. The van der Waals surface area contributed by atoms with Gasteiger partial charge in [-0.25, -0.2) is 9.80 Å². The van der Waals surface area contributed by atoms with Crippen LogP contribution in [0.15, 0.2) is 35.7 Å². The van der Waals surface area contributed by atoms with Crippen molar-refractivity contribution in [3.63, 3.8) is 0 Å². The van der Waals surface area contributed by atoms with Gasteiger partial charge in [-0.3, -0.25) is 10.2 Å². The molecule has 1 aromatic rings. The van der Waals surface area contributed by atoms with E-state index >= 15 is 0 Å². The van der Waals surface area contributed by atoms with E-state index in [2.05, 4.69) is 12.0 Å². The molecule has 1 heterocycles. The number of carbonyl (C=O) groups excluding carboxylic acids is 1. The van der Waals surface area contributed by atoms with Crippen LogP contribution in [-0.4, -0.2) is 26.3 Å². The zero-order valence-electron chi connectivity index (χ0n) is 9.04. The number of aromatic carboxylic acids is 1. The second-order valence-electron chi connectivity index (χ2n) is 3.39. The predicted molar refractivity (Wildman–Crippen MR) is 73.2 cm³/mol. The lowest BCUT2D eigenvalue weighted by Gasteiger charge is -2.18. The van der Waals surface area contributed by atoms with Gasteiger partial charge >= 0.3 is 5.97 Å². The summed E-state index contributed by atoms with van der Waals surface area (Å²) >= 11 is 6.07. The molecule has 2 rings (SSSR count). The molecular weight excluding hydrogens is 272 g/mol. The Kier molecular flexibility index (Phi) is 3.35. The van der Waals surface area contributed by atoms with Crippen molar-refractivity contribution in [2.75, 3.05) is 5.43 Å². The lowest BCUT2D eigenvalue weighted by Crippen LogP contribution is -2.34. The first-order chi connectivity index (χ1) is 8.50. The number of amides is 1. The molecule has 18 heavy (non-hydrogen) atoms. The van der Waals surface area contributed by atoms with Crippen molar-refractivity contribution >= 4 is 45.9 Å². The van der Waals surface area contributed by atoms with Gasteiger partial charge in [0.25, 0.3) is 5.91 Å². The van der Waals surface area contributed by atoms with E-state index in [0.29, 0.717) is 14.9 Å². The minimum atomic E-state index is -1.08. The van der Waals surface area contributed by atoms with E-state index < -0.39 is 5.97 Å². The Balaban J connectivity index is 2.30. The SMILES string of the molecule is C=C1SC(=S)N(Nc2ccccc2C(=O)O)C1=O. The van der Waals surface area contributed by atoms with Crippen LogP contribution >= 0.6 is 24.0 Å². The number of hydrazine groups is 1. The second-order valence-corrected chi connectivity index (χ2v) is 5.12. The Morgan fingerprint density at radius 1 is 1.44 bits per heavy atom. The molecule has 1 amide bonds. The number of carboxylic acids is 1. The number of carboxylic acid groups (broad SMARTS) is 1. The number of thiocarbonyl (C=S) groups is 1. The summed E-state index contributed by atoms with van der Waals surface area (Å²) in [6.45, 7) is 3.56. The summed E-state index contributed by atoms with van der Waals surface area (Å²) in [5.41, 5.74) is 3.07. The molecule has 0 unspecified atom stereocenters. The van der Waals surface area contributed by atoms with E-state index in [9.17, 15) is 9.59 Å². The van der Waals surface area contributed by atoms with E-state index in [1.165, 1.54) is 6.07 Å². The van der Waals surface area contributed by atoms with Crippen LogP contribution in [0.2, 0.25) is 0 Å². The number of nitrogens with one attached hydrogen (secondary N) is 1. The number of rotatable bonds is 3. The third-order valence-electron chi connectivity index (χ3n) is 2.22. The quantitative estimate of drug-likeness (QED) is 0.652. The molecule has 2 N–H and O–H groups in total. The number of anilines is 1. The van der Waals surface area contributed by atoms with Crippen molar-refractivity contribution in [2.45, 2.75) is 0 Å². The smallest absolute Gasteiger partial charge is 0.337 e. The van der Waals surface area contributed by atoms with Gasteiger partial charge in [0.2, 0.25) is 0 Å². The average Bonchev–Trinajstić information content (AvgIpc) is 2.56. The van der Waals surface area contributed by atoms with Gasteiger partial charge in [0.1, 0.15) is 0 Å². The molecule has 0 bridgehead atoms. The van der Waals surface area contributed by atoms with Crippen molar-refractivity contribution in [1.29, 1.82) is 0 Å². The number of thioether (sulfide) groups is 1. The molecule has 0 atom stereocenters. The zero-order chi connectivity index (χ0) is 13.3. The normalized spacial score (nSPS) is 15.1. The van der Waals surface area contributed by atoms with Crippen molar-refractivity contribution in [2.24, 2.45) is 0 Å². The molecule has 1 fully saturated rings. The number of hydrogen-bond donors (Lipinski definition) is 2. The monoisotopic (exact) mass is 280 g/mol. The summed E-state index contributed by atoms with van der Waals surface area (Å²) in [5, 5.41) is 10.1. The lowest BCUT2D eigenvalue weighted by molar-refractivity contribution is -0.121. The summed E-state index contributed by atoms with van der Waals surface area (Å²) < 4.78 is 0.296. The Bertz CT molecular complexity index is 571. The summed E-state index contributed by atoms with van der Waals surface area (Å²) in [5.74, 6) is -1.45. The largest absolute Gasteiger partial charge is 0.478 e. The van der Waals surface area contributed by atoms with Crippen LogP contribution in [0.1, 0.15) is 10.4 Å². The van der Waals surface area contributed by atoms with Crippen LogP contribution in [0, 0.1) is 0 Å². The number of benzene rings is 1. The van der Waals surface area contributed by atoms with Gasteiger partial charge in [-0.15, -0.1) is 0 Å². The van der Waals surface area contributed by atoms with E-state index in [0.717, 1.165) is 16.8 Å². The molecule has 0 spiro atoms. The molecule has 0 radical (unpaired) electrons.